The number of morpholine rings is 1. The van der Waals surface area contributed by atoms with Gasteiger partial charge in [-0.25, -0.2) is 0 Å². The van der Waals surface area contributed by atoms with E-state index < -0.39 is 0 Å². The third kappa shape index (κ3) is 6.69. The molecule has 2 heterocycles. The summed E-state index contributed by atoms with van der Waals surface area (Å²) in [6.07, 6.45) is 1.17. The van der Waals surface area contributed by atoms with Crippen LogP contribution in [-0.4, -0.2) is 75.6 Å². The van der Waals surface area contributed by atoms with Crippen LogP contribution in [0.3, 0.4) is 0 Å². The lowest BCUT2D eigenvalue weighted by Crippen LogP contribution is -3.14. The van der Waals surface area contributed by atoms with Crippen molar-refractivity contribution in [2.24, 2.45) is 0 Å². The summed E-state index contributed by atoms with van der Waals surface area (Å²) in [5, 5.41) is 4.42. The van der Waals surface area contributed by atoms with Gasteiger partial charge in [-0.2, -0.15) is 0 Å². The summed E-state index contributed by atoms with van der Waals surface area (Å²) < 4.78 is 5.42. The van der Waals surface area contributed by atoms with E-state index in [9.17, 15) is 0 Å². The summed E-state index contributed by atoms with van der Waals surface area (Å²) >= 11 is 5.63. The minimum absolute atomic E-state index is 0.605. The van der Waals surface area contributed by atoms with Crippen molar-refractivity contribution in [1.29, 1.82) is 0 Å². The summed E-state index contributed by atoms with van der Waals surface area (Å²) in [5.41, 5.74) is 2.87. The highest BCUT2D eigenvalue weighted by Gasteiger charge is 2.22. The number of quaternary nitrogens is 2. The average molecular weight is 407 g/mol. The van der Waals surface area contributed by atoms with Crippen LogP contribution >= 0.6 is 12.2 Å². The van der Waals surface area contributed by atoms with Crippen LogP contribution in [0, 0.1) is 0 Å². The molecule has 5 nitrogen and oxygen atoms in total. The molecule has 0 aromatic heterocycles. The van der Waals surface area contributed by atoms with Crippen LogP contribution in [0.15, 0.2) is 24.3 Å². The Labute approximate surface area is 176 Å². The second kappa shape index (κ2) is 11.1. The van der Waals surface area contributed by atoms with Crippen LogP contribution < -0.4 is 15.1 Å². The molecule has 2 saturated heterocycles. The number of nitrogens with zero attached hydrogens (tertiary/aromatic N) is 1. The molecule has 2 aliphatic heterocycles. The average Bonchev–Trinajstić information content (AvgIpc) is 2.73. The van der Waals surface area contributed by atoms with Crippen LogP contribution in [-0.2, 0) is 11.3 Å². The normalized spacial score (nSPS) is 19.2. The summed E-state index contributed by atoms with van der Waals surface area (Å²) in [5.74, 6) is 0.605. The fraction of sp³-hybridized carbons (Fsp3) is 0.682. The van der Waals surface area contributed by atoms with E-state index in [2.05, 4.69) is 48.3 Å². The van der Waals surface area contributed by atoms with E-state index in [0.29, 0.717) is 5.92 Å². The van der Waals surface area contributed by atoms with E-state index in [-0.39, 0.29) is 0 Å². The second-order valence-electron chi connectivity index (χ2n) is 8.51. The molecule has 0 unspecified atom stereocenters. The zero-order valence-corrected chi connectivity index (χ0v) is 18.5. The summed E-state index contributed by atoms with van der Waals surface area (Å²) in [6.45, 7) is 16.4. The van der Waals surface area contributed by atoms with Crippen LogP contribution in [0.4, 0.5) is 0 Å². The predicted octanol–water partition coefficient (Wildman–Crippen LogP) is -0.310. The first kappa shape index (κ1) is 21.5. The van der Waals surface area contributed by atoms with Gasteiger partial charge < -0.3 is 24.8 Å². The zero-order valence-electron chi connectivity index (χ0n) is 17.6. The molecule has 2 fully saturated rings. The van der Waals surface area contributed by atoms with Crippen LogP contribution in [0.5, 0.6) is 0 Å². The van der Waals surface area contributed by atoms with Crippen LogP contribution in [0.1, 0.15) is 37.3 Å². The molecule has 0 spiro atoms. The molecule has 0 radical (unpaired) electrons. The van der Waals surface area contributed by atoms with Gasteiger partial charge in [0.25, 0.3) is 0 Å². The maximum atomic E-state index is 5.63. The highest BCUT2D eigenvalue weighted by Crippen LogP contribution is 2.14. The molecule has 6 heteroatoms. The van der Waals surface area contributed by atoms with Gasteiger partial charge in [0.1, 0.15) is 19.6 Å². The van der Waals surface area contributed by atoms with Crippen molar-refractivity contribution in [3.8, 4) is 0 Å². The van der Waals surface area contributed by atoms with Crippen molar-refractivity contribution in [3.63, 3.8) is 0 Å². The number of piperazine rings is 1. The Hall–Kier alpha value is -1.21. The van der Waals surface area contributed by atoms with Gasteiger partial charge >= 0.3 is 0 Å². The monoisotopic (exact) mass is 406 g/mol. The molecule has 3 rings (SSSR count). The Morgan fingerprint density at radius 1 is 1.07 bits per heavy atom. The quantitative estimate of drug-likeness (QED) is 0.429. The van der Waals surface area contributed by atoms with Gasteiger partial charge in [0.05, 0.1) is 45.9 Å². The lowest BCUT2D eigenvalue weighted by molar-refractivity contribution is -0.917. The van der Waals surface area contributed by atoms with E-state index in [1.807, 2.05) is 0 Å². The van der Waals surface area contributed by atoms with E-state index in [0.717, 1.165) is 70.7 Å². The van der Waals surface area contributed by atoms with Gasteiger partial charge in [-0.05, 0) is 23.7 Å². The number of nitrogens with one attached hydrogen (secondary N) is 3. The van der Waals surface area contributed by atoms with E-state index >= 15 is 0 Å². The van der Waals surface area contributed by atoms with E-state index in [1.54, 1.807) is 9.80 Å². The molecule has 156 valence electrons. The molecule has 0 aliphatic carbocycles. The third-order valence-electron chi connectivity index (χ3n) is 6.04. The molecule has 0 saturated carbocycles. The Morgan fingerprint density at radius 3 is 2.39 bits per heavy atom. The minimum atomic E-state index is 0.605. The molecule has 1 aromatic carbocycles. The summed E-state index contributed by atoms with van der Waals surface area (Å²) in [6, 6.07) is 9.18. The number of benzene rings is 1. The maximum Gasteiger partial charge on any atom is 0.169 e. The van der Waals surface area contributed by atoms with Gasteiger partial charge in [0, 0.05) is 18.5 Å². The van der Waals surface area contributed by atoms with Crippen molar-refractivity contribution >= 4 is 17.3 Å². The molecule has 0 amide bonds. The van der Waals surface area contributed by atoms with Gasteiger partial charge in [0.15, 0.2) is 5.11 Å². The number of rotatable bonds is 7. The van der Waals surface area contributed by atoms with Crippen molar-refractivity contribution in [3.05, 3.63) is 35.4 Å². The van der Waals surface area contributed by atoms with Gasteiger partial charge in [0.2, 0.25) is 0 Å². The lowest BCUT2D eigenvalue weighted by atomic mass is 10.0. The Morgan fingerprint density at radius 2 is 1.75 bits per heavy atom. The van der Waals surface area contributed by atoms with Crippen molar-refractivity contribution in [1.82, 2.24) is 10.2 Å². The molecule has 28 heavy (non-hydrogen) atoms. The molecule has 3 N–H and O–H groups in total. The highest BCUT2D eigenvalue weighted by molar-refractivity contribution is 7.80. The van der Waals surface area contributed by atoms with E-state index in [1.165, 1.54) is 24.1 Å². The first-order valence-electron chi connectivity index (χ1n) is 11.0. The van der Waals surface area contributed by atoms with Gasteiger partial charge in [-0.1, -0.05) is 38.1 Å². The Bertz CT molecular complexity index is 593. The number of hydrogen-bond donors (Lipinski definition) is 3. The smallest absolute Gasteiger partial charge is 0.169 e. The SMILES string of the molecule is CC(C)c1ccc(C[NH+]2CCN(C(=S)NCCC[NH+]3CCOCC3)CC2)cc1. The van der Waals surface area contributed by atoms with Crippen LogP contribution in [0.25, 0.3) is 0 Å². The maximum absolute atomic E-state index is 5.63. The first-order chi connectivity index (χ1) is 13.6. The second-order valence-corrected chi connectivity index (χ2v) is 8.89. The Balaban J connectivity index is 1.31. The van der Waals surface area contributed by atoms with Crippen molar-refractivity contribution in [2.75, 3.05) is 65.6 Å². The first-order valence-corrected chi connectivity index (χ1v) is 11.4. The molecule has 0 atom stereocenters. The summed E-state index contributed by atoms with van der Waals surface area (Å²) in [7, 11) is 0. The largest absolute Gasteiger partial charge is 0.370 e. The Kier molecular flexibility index (Phi) is 8.52. The zero-order chi connectivity index (χ0) is 19.8. The highest BCUT2D eigenvalue weighted by atomic mass is 32.1. The van der Waals surface area contributed by atoms with E-state index in [4.69, 9.17) is 17.0 Å². The number of thiocarbonyl (C=S) groups is 1. The third-order valence-corrected chi connectivity index (χ3v) is 6.44. The lowest BCUT2D eigenvalue weighted by Gasteiger charge is -2.34. The molecular weight excluding hydrogens is 368 g/mol. The molecule has 1 aromatic rings. The summed E-state index contributed by atoms with van der Waals surface area (Å²) in [4.78, 5) is 5.67. The van der Waals surface area contributed by atoms with Gasteiger partial charge in [-0.15, -0.1) is 0 Å². The fourth-order valence-corrected chi connectivity index (χ4v) is 4.35. The van der Waals surface area contributed by atoms with Crippen molar-refractivity contribution in [2.45, 2.75) is 32.7 Å². The molecular formula is C22H38N4OS+2. The standard InChI is InChI=1S/C22H36N4OS/c1-19(2)21-6-4-20(5-7-21)18-25-10-12-26(13-11-25)22(28)23-8-3-9-24-14-16-27-17-15-24/h4-7,19H,3,8-18H2,1-2H3,(H,23,28)/p+2. The van der Waals surface area contributed by atoms with Gasteiger partial charge in [-0.3, -0.25) is 0 Å². The predicted molar refractivity (Wildman–Crippen MR) is 118 cm³/mol. The van der Waals surface area contributed by atoms with Crippen LogP contribution in [0.2, 0.25) is 0 Å². The molecule has 0 bridgehead atoms. The number of ether oxygens (including phenoxy) is 1. The fourth-order valence-electron chi connectivity index (χ4n) is 4.07. The van der Waals surface area contributed by atoms with Crippen molar-refractivity contribution < 1.29 is 14.5 Å². The molecule has 2 aliphatic rings. The number of hydrogen-bond acceptors (Lipinski definition) is 2. The minimum Gasteiger partial charge on any atom is -0.370 e. The topological polar surface area (TPSA) is 33.4 Å².